The Morgan fingerprint density at radius 1 is 1.19 bits per heavy atom. The molecule has 1 fully saturated rings. The monoisotopic (exact) mass is 447 g/mol. The summed E-state index contributed by atoms with van der Waals surface area (Å²) in [6.07, 6.45) is 2.75. The highest BCUT2D eigenvalue weighted by atomic mass is 32.1. The van der Waals surface area contributed by atoms with Crippen molar-refractivity contribution in [3.05, 3.63) is 64.7 Å². The first kappa shape index (κ1) is 22.2. The van der Waals surface area contributed by atoms with E-state index >= 15 is 0 Å². The van der Waals surface area contributed by atoms with Crippen LogP contribution in [-0.2, 0) is 9.59 Å². The first-order valence-electron chi connectivity index (χ1n) is 11.0. The van der Waals surface area contributed by atoms with Crippen molar-refractivity contribution in [2.45, 2.75) is 52.5 Å². The van der Waals surface area contributed by atoms with E-state index in [0.717, 1.165) is 24.1 Å². The van der Waals surface area contributed by atoms with Crippen molar-refractivity contribution >= 4 is 46.6 Å². The van der Waals surface area contributed by atoms with E-state index < -0.39 is 11.8 Å². The lowest BCUT2D eigenvalue weighted by atomic mass is 9.79. The van der Waals surface area contributed by atoms with E-state index in [-0.39, 0.29) is 16.2 Å². The largest absolute Gasteiger partial charge is 0.366 e. The molecule has 1 saturated heterocycles. The van der Waals surface area contributed by atoms with Gasteiger partial charge in [0, 0.05) is 17.8 Å². The highest BCUT2D eigenvalue weighted by molar-refractivity contribution is 7.80. The summed E-state index contributed by atoms with van der Waals surface area (Å²) in [5.74, 6) is -0.495. The SMILES string of the molecule is CCN1c2cc(C)c(/C=C3/C(=O)NC(=S)N(c4ccccc4)C3=O)cc2C(C)CC1(C)C. The van der Waals surface area contributed by atoms with E-state index in [4.69, 9.17) is 12.2 Å². The maximum Gasteiger partial charge on any atom is 0.270 e. The Balaban J connectivity index is 1.78. The highest BCUT2D eigenvalue weighted by Crippen LogP contribution is 2.44. The molecule has 1 N–H and O–H groups in total. The van der Waals surface area contributed by atoms with Gasteiger partial charge in [0.05, 0.1) is 5.69 Å². The first-order valence-corrected chi connectivity index (χ1v) is 11.4. The molecule has 1 atom stereocenters. The third kappa shape index (κ3) is 3.73. The molecule has 1 unspecified atom stereocenters. The molecule has 0 saturated carbocycles. The van der Waals surface area contributed by atoms with Crippen LogP contribution >= 0.6 is 12.2 Å². The summed E-state index contributed by atoms with van der Waals surface area (Å²) in [7, 11) is 0. The summed E-state index contributed by atoms with van der Waals surface area (Å²) < 4.78 is 0. The number of fused-ring (bicyclic) bond motifs is 1. The van der Waals surface area contributed by atoms with Gasteiger partial charge in [-0.2, -0.15) is 0 Å². The highest BCUT2D eigenvalue weighted by Gasteiger charge is 2.37. The lowest BCUT2D eigenvalue weighted by Gasteiger charge is -2.47. The zero-order valence-corrected chi connectivity index (χ0v) is 20.0. The summed E-state index contributed by atoms with van der Waals surface area (Å²) in [4.78, 5) is 29.8. The minimum atomic E-state index is -0.464. The number of amides is 2. The Morgan fingerprint density at radius 2 is 1.88 bits per heavy atom. The predicted molar refractivity (Wildman–Crippen MR) is 134 cm³/mol. The average Bonchev–Trinajstić information content (AvgIpc) is 2.72. The molecule has 5 nitrogen and oxygen atoms in total. The molecule has 166 valence electrons. The molecule has 2 aromatic carbocycles. The van der Waals surface area contributed by atoms with E-state index in [9.17, 15) is 9.59 Å². The molecule has 0 spiro atoms. The fraction of sp³-hybridized carbons (Fsp3) is 0.346. The van der Waals surface area contributed by atoms with Crippen LogP contribution in [0.1, 0.15) is 56.7 Å². The predicted octanol–water partition coefficient (Wildman–Crippen LogP) is 4.94. The standard InChI is InChI=1S/C26H29N3O2S/c1-6-28-22-12-16(2)18(13-20(22)17(3)15-26(28,4)5)14-21-23(30)27-25(32)29(24(21)31)19-10-8-7-9-11-19/h7-14,17H,6,15H2,1-5H3,(H,27,30,32)/b21-14-. The molecule has 0 aromatic heterocycles. The quantitative estimate of drug-likeness (QED) is 0.411. The van der Waals surface area contributed by atoms with Crippen LogP contribution in [-0.4, -0.2) is 29.0 Å². The smallest absolute Gasteiger partial charge is 0.270 e. The van der Waals surface area contributed by atoms with Gasteiger partial charge in [-0.15, -0.1) is 0 Å². The number of benzene rings is 2. The molecule has 2 heterocycles. The van der Waals surface area contributed by atoms with Gasteiger partial charge in [-0.3, -0.25) is 19.8 Å². The van der Waals surface area contributed by atoms with Gasteiger partial charge in [0.2, 0.25) is 0 Å². The van der Waals surface area contributed by atoms with Gasteiger partial charge in [-0.05, 0) is 99.3 Å². The molecule has 0 aliphatic carbocycles. The number of para-hydroxylation sites is 1. The third-order valence-corrected chi connectivity index (χ3v) is 6.79. The second-order valence-corrected chi connectivity index (χ2v) is 9.61. The summed E-state index contributed by atoms with van der Waals surface area (Å²) in [6, 6.07) is 13.5. The Hall–Kier alpha value is -2.99. The van der Waals surface area contributed by atoms with Crippen LogP contribution < -0.4 is 15.1 Å². The van der Waals surface area contributed by atoms with Crippen LogP contribution in [0.25, 0.3) is 6.08 Å². The minimum Gasteiger partial charge on any atom is -0.366 e. The van der Waals surface area contributed by atoms with Gasteiger partial charge in [-0.25, -0.2) is 0 Å². The average molecular weight is 448 g/mol. The van der Waals surface area contributed by atoms with Crippen LogP contribution in [0.15, 0.2) is 48.0 Å². The maximum atomic E-state index is 13.3. The van der Waals surface area contributed by atoms with Gasteiger partial charge in [-0.1, -0.05) is 25.1 Å². The number of nitrogens with one attached hydrogen (secondary N) is 1. The van der Waals surface area contributed by atoms with Crippen LogP contribution in [0.2, 0.25) is 0 Å². The number of carbonyl (C=O) groups is 2. The van der Waals surface area contributed by atoms with Crippen LogP contribution in [0.4, 0.5) is 11.4 Å². The number of hydrogen-bond acceptors (Lipinski definition) is 4. The molecule has 2 aliphatic rings. The van der Waals surface area contributed by atoms with Gasteiger partial charge < -0.3 is 4.90 Å². The topological polar surface area (TPSA) is 52.7 Å². The van der Waals surface area contributed by atoms with Crippen molar-refractivity contribution in [2.24, 2.45) is 0 Å². The Bertz CT molecular complexity index is 1140. The van der Waals surface area contributed by atoms with E-state index in [1.54, 1.807) is 18.2 Å². The Morgan fingerprint density at radius 3 is 2.53 bits per heavy atom. The van der Waals surface area contributed by atoms with E-state index in [2.05, 4.69) is 50.0 Å². The maximum absolute atomic E-state index is 13.3. The molecule has 2 aromatic rings. The zero-order valence-electron chi connectivity index (χ0n) is 19.2. The number of thiocarbonyl (C=S) groups is 1. The summed E-state index contributed by atoms with van der Waals surface area (Å²) >= 11 is 5.29. The van der Waals surface area contributed by atoms with Crippen LogP contribution in [0, 0.1) is 6.92 Å². The normalized spacial score (nSPS) is 21.6. The molecule has 2 amide bonds. The number of nitrogens with zero attached hydrogens (tertiary/aromatic N) is 2. The summed E-state index contributed by atoms with van der Waals surface area (Å²) in [6.45, 7) is 11.9. The Kier molecular flexibility index (Phi) is 5.67. The van der Waals surface area contributed by atoms with E-state index in [1.165, 1.54) is 16.2 Å². The number of hydrogen-bond donors (Lipinski definition) is 1. The fourth-order valence-corrected chi connectivity index (χ4v) is 5.31. The third-order valence-electron chi connectivity index (χ3n) is 6.51. The molecule has 0 radical (unpaired) electrons. The van der Waals surface area contributed by atoms with Crippen molar-refractivity contribution in [2.75, 3.05) is 16.3 Å². The second kappa shape index (κ2) is 8.17. The summed E-state index contributed by atoms with van der Waals surface area (Å²) in [5, 5.41) is 2.76. The molecule has 4 rings (SSSR count). The van der Waals surface area contributed by atoms with E-state index in [0.29, 0.717) is 11.6 Å². The number of aryl methyl sites for hydroxylation is 1. The summed E-state index contributed by atoms with van der Waals surface area (Å²) in [5.41, 5.74) is 5.20. The van der Waals surface area contributed by atoms with Gasteiger partial charge >= 0.3 is 0 Å². The minimum absolute atomic E-state index is 0.0820. The van der Waals surface area contributed by atoms with Crippen molar-refractivity contribution in [1.82, 2.24) is 5.32 Å². The van der Waals surface area contributed by atoms with E-state index in [1.807, 2.05) is 25.1 Å². The molecule has 32 heavy (non-hydrogen) atoms. The number of carbonyl (C=O) groups excluding carboxylic acids is 2. The molecular formula is C26H29N3O2S. The van der Waals surface area contributed by atoms with Crippen molar-refractivity contribution in [1.29, 1.82) is 0 Å². The Labute approximate surface area is 195 Å². The number of rotatable bonds is 3. The molecular weight excluding hydrogens is 418 g/mol. The van der Waals surface area contributed by atoms with Crippen molar-refractivity contribution < 1.29 is 9.59 Å². The lowest BCUT2D eigenvalue weighted by molar-refractivity contribution is -0.122. The molecule has 2 aliphatic heterocycles. The van der Waals surface area contributed by atoms with Crippen molar-refractivity contribution in [3.63, 3.8) is 0 Å². The molecule has 0 bridgehead atoms. The molecule has 6 heteroatoms. The van der Waals surface area contributed by atoms with Gasteiger partial charge in [0.15, 0.2) is 5.11 Å². The number of anilines is 2. The van der Waals surface area contributed by atoms with Crippen LogP contribution in [0.5, 0.6) is 0 Å². The van der Waals surface area contributed by atoms with Crippen LogP contribution in [0.3, 0.4) is 0 Å². The van der Waals surface area contributed by atoms with Gasteiger partial charge in [0.25, 0.3) is 11.8 Å². The lowest BCUT2D eigenvalue weighted by Crippen LogP contribution is -2.54. The first-order chi connectivity index (χ1) is 15.1. The van der Waals surface area contributed by atoms with Crippen molar-refractivity contribution in [3.8, 4) is 0 Å². The fourth-order valence-electron chi connectivity index (χ4n) is 5.03. The second-order valence-electron chi connectivity index (χ2n) is 9.22. The zero-order chi connectivity index (χ0) is 23.2. The van der Waals surface area contributed by atoms with Gasteiger partial charge in [0.1, 0.15) is 5.57 Å².